The summed E-state index contributed by atoms with van der Waals surface area (Å²) < 4.78 is 18.3. The summed E-state index contributed by atoms with van der Waals surface area (Å²) in [5, 5.41) is 0.937. The number of nitrogens with zero attached hydrogens (tertiary/aromatic N) is 1. The molecule has 36 heavy (non-hydrogen) atoms. The Morgan fingerprint density at radius 1 is 1.00 bits per heavy atom. The third-order valence-corrected chi connectivity index (χ3v) is 6.21. The van der Waals surface area contributed by atoms with Crippen molar-refractivity contribution in [1.29, 1.82) is 0 Å². The van der Waals surface area contributed by atoms with Crippen LogP contribution in [0.25, 0.3) is 0 Å². The Kier molecular flexibility index (Phi) is 7.93. The van der Waals surface area contributed by atoms with Crippen molar-refractivity contribution in [3.63, 3.8) is 0 Å². The number of nitrogens with one attached hydrogen (secondary N) is 1. The minimum absolute atomic E-state index is 0.0948. The van der Waals surface area contributed by atoms with Crippen molar-refractivity contribution in [3.05, 3.63) is 102 Å². The number of carbonyl (C=O) groups is 2. The summed E-state index contributed by atoms with van der Waals surface area (Å²) in [5.41, 5.74) is -0.187. The molecule has 3 atom stereocenters. The first-order valence-electron chi connectivity index (χ1n) is 11.1. The fourth-order valence-corrected chi connectivity index (χ4v) is 4.01. The van der Waals surface area contributed by atoms with Gasteiger partial charge in [-0.3, -0.25) is 14.3 Å². The molecule has 0 radical (unpaired) electrons. The maximum absolute atomic E-state index is 12.7. The molecule has 0 amide bonds. The number of aryl methyl sites for hydroxylation is 1. The van der Waals surface area contributed by atoms with Crippen LogP contribution in [0.1, 0.15) is 45.9 Å². The number of hydrogen-bond acceptors (Lipinski definition) is 7. The summed E-state index contributed by atoms with van der Waals surface area (Å²) in [6.45, 7) is 1.54. The normalized spacial score (nSPS) is 19.1. The minimum Gasteiger partial charge on any atom is -0.459 e. The quantitative estimate of drug-likeness (QED) is 0.460. The molecule has 0 aliphatic carbocycles. The Labute approximate surface area is 215 Å². The van der Waals surface area contributed by atoms with Gasteiger partial charge >= 0.3 is 17.6 Å². The number of benzene rings is 2. The first-order valence-corrected chi connectivity index (χ1v) is 11.9. The van der Waals surface area contributed by atoms with Gasteiger partial charge in [0.2, 0.25) is 0 Å². The largest absolute Gasteiger partial charge is 0.459 e. The molecule has 11 heteroatoms. The highest BCUT2D eigenvalue weighted by Crippen LogP contribution is 2.31. The number of carbonyl (C=O) groups excluding carboxylic acids is 2. The van der Waals surface area contributed by atoms with E-state index in [1.54, 1.807) is 31.2 Å². The van der Waals surface area contributed by atoms with Gasteiger partial charge in [-0.05, 0) is 55.0 Å². The van der Waals surface area contributed by atoms with Crippen LogP contribution >= 0.6 is 23.2 Å². The molecule has 0 spiro atoms. The van der Waals surface area contributed by atoms with E-state index in [1.165, 1.54) is 35.0 Å². The van der Waals surface area contributed by atoms with Gasteiger partial charge < -0.3 is 14.2 Å². The van der Waals surface area contributed by atoms with Crippen molar-refractivity contribution >= 4 is 35.1 Å². The molecule has 0 saturated carbocycles. The van der Waals surface area contributed by atoms with Gasteiger partial charge in [0.1, 0.15) is 25.0 Å². The zero-order chi connectivity index (χ0) is 25.8. The van der Waals surface area contributed by atoms with Crippen molar-refractivity contribution in [2.24, 2.45) is 0 Å². The highest BCUT2D eigenvalue weighted by molar-refractivity contribution is 6.31. The van der Waals surface area contributed by atoms with Crippen molar-refractivity contribution in [3.8, 4) is 0 Å². The Morgan fingerprint density at radius 2 is 1.58 bits per heavy atom. The van der Waals surface area contributed by atoms with Gasteiger partial charge in [0, 0.05) is 28.2 Å². The highest BCUT2D eigenvalue weighted by atomic mass is 35.5. The summed E-state index contributed by atoms with van der Waals surface area (Å²) >= 11 is 11.8. The van der Waals surface area contributed by atoms with Crippen molar-refractivity contribution < 1.29 is 23.8 Å². The van der Waals surface area contributed by atoms with Gasteiger partial charge in [0.05, 0.1) is 11.1 Å². The first kappa shape index (κ1) is 25.7. The summed E-state index contributed by atoms with van der Waals surface area (Å²) in [6, 6.07) is 12.3. The zero-order valence-corrected chi connectivity index (χ0v) is 20.6. The van der Waals surface area contributed by atoms with Crippen molar-refractivity contribution in [2.75, 3.05) is 6.61 Å². The van der Waals surface area contributed by atoms with Crippen LogP contribution in [-0.2, 0) is 20.6 Å². The summed E-state index contributed by atoms with van der Waals surface area (Å²) in [6.07, 6.45) is -0.656. The van der Waals surface area contributed by atoms with E-state index in [4.69, 9.17) is 37.4 Å². The van der Waals surface area contributed by atoms with Gasteiger partial charge in [0.25, 0.3) is 5.56 Å². The molecular formula is C25H22Cl2N2O7. The number of aromatic nitrogens is 2. The highest BCUT2D eigenvalue weighted by Gasteiger charge is 2.40. The van der Waals surface area contributed by atoms with Gasteiger partial charge in [-0.15, -0.1) is 0 Å². The second-order valence-corrected chi connectivity index (χ2v) is 8.97. The number of hydrogen-bond donors (Lipinski definition) is 1. The second kappa shape index (κ2) is 11.1. The third kappa shape index (κ3) is 5.87. The van der Waals surface area contributed by atoms with Crippen LogP contribution in [-0.4, -0.2) is 40.3 Å². The minimum atomic E-state index is -0.869. The molecule has 1 fully saturated rings. The molecule has 2 heterocycles. The molecule has 0 bridgehead atoms. The van der Waals surface area contributed by atoms with E-state index in [-0.39, 0.29) is 24.2 Å². The number of H-pyrrole nitrogens is 1. The van der Waals surface area contributed by atoms with Crippen LogP contribution in [0, 0.1) is 0 Å². The number of esters is 2. The van der Waals surface area contributed by atoms with Gasteiger partial charge in [-0.1, -0.05) is 30.1 Å². The fourth-order valence-electron chi connectivity index (χ4n) is 3.76. The molecule has 1 aliphatic heterocycles. The monoisotopic (exact) mass is 532 g/mol. The maximum atomic E-state index is 12.7. The second-order valence-electron chi connectivity index (χ2n) is 8.10. The Bertz CT molecular complexity index is 1370. The molecule has 188 valence electrons. The summed E-state index contributed by atoms with van der Waals surface area (Å²) in [4.78, 5) is 51.9. The predicted octanol–water partition coefficient (Wildman–Crippen LogP) is 3.78. The number of halogens is 2. The van der Waals surface area contributed by atoms with E-state index in [1.807, 2.05) is 0 Å². The van der Waals surface area contributed by atoms with Crippen molar-refractivity contribution in [2.45, 2.75) is 38.2 Å². The molecule has 1 aromatic heterocycles. The van der Waals surface area contributed by atoms with E-state index in [9.17, 15) is 19.2 Å². The topological polar surface area (TPSA) is 117 Å². The molecule has 9 nitrogen and oxygen atoms in total. The lowest BCUT2D eigenvalue weighted by molar-refractivity contribution is -0.0583. The van der Waals surface area contributed by atoms with Crippen LogP contribution < -0.4 is 11.2 Å². The van der Waals surface area contributed by atoms with E-state index in [0.29, 0.717) is 22.0 Å². The molecule has 1 N–H and O–H groups in total. The SMILES string of the molecule is CCc1cn([C@H]2C[C@H](OC(=O)c3ccc(Cl)cc3)[C@@H](COC(=O)c3ccc(Cl)cc3)O2)c(=O)[nH]c1=O. The number of rotatable bonds is 7. The summed E-state index contributed by atoms with van der Waals surface area (Å²) in [5.74, 6) is -1.24. The Balaban J connectivity index is 1.54. The van der Waals surface area contributed by atoms with E-state index >= 15 is 0 Å². The molecule has 4 rings (SSSR count). The van der Waals surface area contributed by atoms with Crippen LogP contribution in [0.5, 0.6) is 0 Å². The van der Waals surface area contributed by atoms with E-state index < -0.39 is 41.6 Å². The lowest BCUT2D eigenvalue weighted by Gasteiger charge is -2.19. The Morgan fingerprint density at radius 3 is 2.17 bits per heavy atom. The van der Waals surface area contributed by atoms with E-state index in [2.05, 4.69) is 4.98 Å². The molecule has 1 saturated heterocycles. The van der Waals surface area contributed by atoms with Gasteiger partial charge in [-0.25, -0.2) is 14.4 Å². The summed E-state index contributed by atoms with van der Waals surface area (Å²) in [7, 11) is 0. The van der Waals surface area contributed by atoms with Gasteiger partial charge in [0.15, 0.2) is 0 Å². The standard InChI is InChI=1S/C25H22Cl2N2O7/c1-2-14-12-29(25(33)28-22(14)30)21-11-19(36-24(32)16-5-9-18(27)10-6-16)20(35-21)13-34-23(31)15-3-7-17(26)8-4-15/h3-10,12,19-21H,2,11,13H2,1H3,(H,28,30,33)/t19-,20+,21+/m0/s1. The van der Waals surface area contributed by atoms with Crippen LogP contribution in [0.3, 0.4) is 0 Å². The average molecular weight is 533 g/mol. The van der Waals surface area contributed by atoms with Crippen LogP contribution in [0.2, 0.25) is 10.0 Å². The zero-order valence-electron chi connectivity index (χ0n) is 19.1. The van der Waals surface area contributed by atoms with Crippen molar-refractivity contribution in [1.82, 2.24) is 9.55 Å². The third-order valence-electron chi connectivity index (χ3n) is 5.71. The van der Waals surface area contributed by atoms with Crippen LogP contribution in [0.15, 0.2) is 64.3 Å². The lowest BCUT2D eigenvalue weighted by atomic mass is 10.1. The molecular weight excluding hydrogens is 511 g/mol. The van der Waals surface area contributed by atoms with Gasteiger partial charge in [-0.2, -0.15) is 0 Å². The molecule has 1 aliphatic rings. The predicted molar refractivity (Wildman–Crippen MR) is 132 cm³/mol. The first-order chi connectivity index (χ1) is 17.2. The molecule has 2 aromatic carbocycles. The maximum Gasteiger partial charge on any atom is 0.338 e. The molecule has 3 aromatic rings. The molecule has 0 unspecified atom stereocenters. The lowest BCUT2D eigenvalue weighted by Crippen LogP contribution is -2.34. The smallest absolute Gasteiger partial charge is 0.338 e. The average Bonchev–Trinajstić information content (AvgIpc) is 3.25. The Hall–Kier alpha value is -3.40. The van der Waals surface area contributed by atoms with E-state index in [0.717, 1.165) is 0 Å². The fraction of sp³-hybridized carbons (Fsp3) is 0.280. The number of aromatic amines is 1. The number of ether oxygens (including phenoxy) is 3. The van der Waals surface area contributed by atoms with Crippen LogP contribution in [0.4, 0.5) is 0 Å².